The lowest BCUT2D eigenvalue weighted by molar-refractivity contribution is 0.0896. The van der Waals surface area contributed by atoms with Crippen LogP contribution >= 0.6 is 0 Å². The van der Waals surface area contributed by atoms with E-state index in [2.05, 4.69) is 4.98 Å². The van der Waals surface area contributed by atoms with Gasteiger partial charge in [0.15, 0.2) is 11.6 Å². The highest BCUT2D eigenvalue weighted by molar-refractivity contribution is 7.89. The molecular weight excluding hydrogens is 414 g/mol. The number of sulfonamides is 1. The molecule has 1 aliphatic heterocycles. The highest BCUT2D eigenvalue weighted by Crippen LogP contribution is 2.23. The maximum absolute atomic E-state index is 13.1. The molecule has 0 amide bonds. The van der Waals surface area contributed by atoms with Crippen LogP contribution in [0.15, 0.2) is 23.1 Å². The van der Waals surface area contributed by atoms with E-state index in [4.69, 9.17) is 0 Å². The lowest BCUT2D eigenvalue weighted by Gasteiger charge is -2.33. The Morgan fingerprint density at radius 1 is 1.06 bits per heavy atom. The van der Waals surface area contributed by atoms with Gasteiger partial charge in [0.05, 0.1) is 17.1 Å². The molecule has 31 heavy (non-hydrogen) atoms. The number of hydrogen-bond donors (Lipinski definition) is 1. The number of benzene rings is 1. The van der Waals surface area contributed by atoms with Crippen molar-refractivity contribution in [1.29, 1.82) is 0 Å². The number of carbonyl (C=O) groups is 2. The van der Waals surface area contributed by atoms with Crippen molar-refractivity contribution in [2.75, 3.05) is 32.7 Å². The van der Waals surface area contributed by atoms with E-state index in [1.54, 1.807) is 6.07 Å². The minimum Gasteiger partial charge on any atom is -0.355 e. The van der Waals surface area contributed by atoms with E-state index >= 15 is 0 Å². The van der Waals surface area contributed by atoms with Crippen LogP contribution in [0.4, 0.5) is 0 Å². The van der Waals surface area contributed by atoms with Crippen LogP contribution in [0.3, 0.4) is 0 Å². The third-order valence-corrected chi connectivity index (χ3v) is 7.98. The number of H-pyrrole nitrogens is 1. The first kappa shape index (κ1) is 23.4. The van der Waals surface area contributed by atoms with Crippen LogP contribution in [0.2, 0.25) is 0 Å². The molecule has 8 heteroatoms. The Kier molecular flexibility index (Phi) is 6.83. The number of aryl methyl sites for hydroxylation is 3. The van der Waals surface area contributed by atoms with Crippen molar-refractivity contribution in [2.45, 2.75) is 45.9 Å². The third kappa shape index (κ3) is 4.66. The van der Waals surface area contributed by atoms with Gasteiger partial charge in [-0.05, 0) is 51.3 Å². The van der Waals surface area contributed by atoms with Gasteiger partial charge in [-0.25, -0.2) is 8.42 Å². The van der Waals surface area contributed by atoms with Crippen LogP contribution in [0.5, 0.6) is 0 Å². The molecule has 2 heterocycles. The number of Topliss-reactive ketones (excluding diaryl/α,β-unsaturated/α-hetero) is 2. The number of rotatable bonds is 7. The van der Waals surface area contributed by atoms with Crippen molar-refractivity contribution in [3.63, 3.8) is 0 Å². The molecular formula is C23H31N3O4S. The first-order valence-electron chi connectivity index (χ1n) is 10.6. The fourth-order valence-electron chi connectivity index (χ4n) is 4.38. The zero-order chi connectivity index (χ0) is 22.9. The van der Waals surface area contributed by atoms with Crippen LogP contribution in [-0.4, -0.2) is 66.9 Å². The number of aromatic nitrogens is 1. The van der Waals surface area contributed by atoms with E-state index in [1.807, 2.05) is 44.7 Å². The topological polar surface area (TPSA) is 90.6 Å². The number of nitrogens with zero attached hydrogens (tertiary/aromatic N) is 2. The highest BCUT2D eigenvalue weighted by Gasteiger charge is 2.31. The minimum absolute atomic E-state index is 0.0464. The summed E-state index contributed by atoms with van der Waals surface area (Å²) in [6.07, 6.45) is 0.599. The van der Waals surface area contributed by atoms with E-state index in [1.165, 1.54) is 11.2 Å². The van der Waals surface area contributed by atoms with Gasteiger partial charge >= 0.3 is 0 Å². The molecule has 0 atom stereocenters. The van der Waals surface area contributed by atoms with Crippen LogP contribution < -0.4 is 0 Å². The number of carbonyl (C=O) groups excluding carboxylic acids is 2. The predicted octanol–water partition coefficient (Wildman–Crippen LogP) is 2.89. The van der Waals surface area contributed by atoms with Gasteiger partial charge < -0.3 is 4.98 Å². The van der Waals surface area contributed by atoms with Crippen molar-refractivity contribution < 1.29 is 18.0 Å². The van der Waals surface area contributed by atoms with Gasteiger partial charge in [0.1, 0.15) is 0 Å². The Morgan fingerprint density at radius 2 is 1.71 bits per heavy atom. The Morgan fingerprint density at radius 3 is 2.26 bits per heavy atom. The molecule has 0 radical (unpaired) electrons. The smallest absolute Gasteiger partial charge is 0.243 e. The predicted molar refractivity (Wildman–Crippen MR) is 120 cm³/mol. The fraction of sp³-hybridized carbons (Fsp3) is 0.478. The number of hydrogen-bond acceptors (Lipinski definition) is 5. The molecule has 0 unspecified atom stereocenters. The van der Waals surface area contributed by atoms with Gasteiger partial charge in [-0.15, -0.1) is 0 Å². The van der Waals surface area contributed by atoms with Crippen LogP contribution in [-0.2, 0) is 16.4 Å². The Labute approximate surface area is 184 Å². The maximum atomic E-state index is 13.1. The maximum Gasteiger partial charge on any atom is 0.243 e. The molecule has 1 aliphatic rings. The summed E-state index contributed by atoms with van der Waals surface area (Å²) in [6.45, 7) is 10.8. The molecule has 0 saturated carbocycles. The summed E-state index contributed by atoms with van der Waals surface area (Å²) >= 11 is 0. The number of piperazine rings is 1. The van der Waals surface area contributed by atoms with Crippen LogP contribution in [0.1, 0.15) is 57.1 Å². The van der Waals surface area contributed by atoms with Gasteiger partial charge in [-0.3, -0.25) is 14.5 Å². The van der Waals surface area contributed by atoms with Crippen LogP contribution in [0.25, 0.3) is 0 Å². The third-order valence-electron chi connectivity index (χ3n) is 5.92. The molecule has 0 spiro atoms. The van der Waals surface area contributed by atoms with Crippen LogP contribution in [0, 0.1) is 20.8 Å². The van der Waals surface area contributed by atoms with Gasteiger partial charge in [-0.2, -0.15) is 4.31 Å². The summed E-state index contributed by atoms with van der Waals surface area (Å²) in [6, 6.07) is 5.36. The van der Waals surface area contributed by atoms with E-state index in [0.29, 0.717) is 48.8 Å². The summed E-state index contributed by atoms with van der Waals surface area (Å²) in [5, 5.41) is 0. The summed E-state index contributed by atoms with van der Waals surface area (Å²) in [4.78, 5) is 30.3. The van der Waals surface area contributed by atoms with Crippen molar-refractivity contribution in [1.82, 2.24) is 14.2 Å². The van der Waals surface area contributed by atoms with Gasteiger partial charge in [-0.1, -0.05) is 24.6 Å². The second-order valence-corrected chi connectivity index (χ2v) is 10.2. The first-order chi connectivity index (χ1) is 14.6. The summed E-state index contributed by atoms with van der Waals surface area (Å²) in [7, 11) is -3.56. The largest absolute Gasteiger partial charge is 0.355 e. The normalized spacial score (nSPS) is 15.9. The lowest BCUT2D eigenvalue weighted by Crippen LogP contribution is -2.49. The van der Waals surface area contributed by atoms with Gasteiger partial charge in [0, 0.05) is 37.4 Å². The summed E-state index contributed by atoms with van der Waals surface area (Å²) in [5.41, 5.74) is 4.36. The molecule has 3 rings (SSSR count). The zero-order valence-corrected chi connectivity index (χ0v) is 19.7. The second kappa shape index (κ2) is 9.06. The molecule has 0 bridgehead atoms. The van der Waals surface area contributed by atoms with E-state index in [-0.39, 0.29) is 18.1 Å². The summed E-state index contributed by atoms with van der Waals surface area (Å²) in [5.74, 6) is -0.118. The van der Waals surface area contributed by atoms with Crippen molar-refractivity contribution >= 4 is 21.6 Å². The fourth-order valence-corrected chi connectivity index (χ4v) is 6.01. The molecule has 7 nitrogen and oxygen atoms in total. The molecule has 168 valence electrons. The second-order valence-electron chi connectivity index (χ2n) is 8.26. The van der Waals surface area contributed by atoms with E-state index in [9.17, 15) is 18.0 Å². The number of ketones is 2. The Hall–Kier alpha value is -2.29. The van der Waals surface area contributed by atoms with Gasteiger partial charge in [0.25, 0.3) is 0 Å². The standard InChI is InChI=1S/C23H31N3O4S/c1-6-19-22(18(5)27)17(4)24-23(19)20(28)14-25-9-11-26(12-10-25)31(29,30)21-8-7-15(2)13-16(21)3/h7-8,13,24H,6,9-12,14H2,1-5H3. The Bertz CT molecular complexity index is 1110. The molecule has 0 aliphatic carbocycles. The Balaban J connectivity index is 1.69. The number of nitrogens with one attached hydrogen (secondary N) is 1. The average molecular weight is 446 g/mol. The highest BCUT2D eigenvalue weighted by atomic mass is 32.2. The molecule has 1 saturated heterocycles. The zero-order valence-electron chi connectivity index (χ0n) is 18.9. The number of aromatic amines is 1. The van der Waals surface area contributed by atoms with Crippen molar-refractivity contribution in [3.05, 3.63) is 51.8 Å². The van der Waals surface area contributed by atoms with E-state index < -0.39 is 10.0 Å². The molecule has 1 aromatic carbocycles. The first-order valence-corrected chi connectivity index (χ1v) is 12.1. The lowest BCUT2D eigenvalue weighted by atomic mass is 10.0. The van der Waals surface area contributed by atoms with Crippen molar-refractivity contribution in [3.8, 4) is 0 Å². The monoisotopic (exact) mass is 445 g/mol. The SMILES string of the molecule is CCc1c(C(=O)CN2CCN(S(=O)(=O)c3ccc(C)cc3C)CC2)[nH]c(C)c1C(C)=O. The summed E-state index contributed by atoms with van der Waals surface area (Å²) < 4.78 is 27.6. The molecule has 1 fully saturated rings. The van der Waals surface area contributed by atoms with Crippen molar-refractivity contribution in [2.24, 2.45) is 0 Å². The molecule has 2 aromatic rings. The average Bonchev–Trinajstić information content (AvgIpc) is 3.04. The molecule has 1 N–H and O–H groups in total. The molecule has 1 aromatic heterocycles. The van der Waals surface area contributed by atoms with Gasteiger partial charge in [0.2, 0.25) is 10.0 Å². The quantitative estimate of drug-likeness (QED) is 0.662. The van der Waals surface area contributed by atoms with E-state index in [0.717, 1.165) is 22.4 Å². The minimum atomic E-state index is -3.56.